The summed E-state index contributed by atoms with van der Waals surface area (Å²) in [6.45, 7) is 2.09. The van der Waals surface area contributed by atoms with Crippen LogP contribution in [0.3, 0.4) is 0 Å². The standard InChI is InChI=1S/C22H20ClNO7/c1-13-9-15(5-6-18(13)23)29-12-20(25)30-16-4-3-14-10-17(21(26)24-7-8-28-2)22(27)31-19(14)11-16/h3-6,9-11H,7-8,12H2,1-2H3,(H,24,26). The number of carbonyl (C=O) groups excluding carboxylic acids is 2. The van der Waals surface area contributed by atoms with Gasteiger partial charge in [-0.3, -0.25) is 4.79 Å². The molecule has 162 valence electrons. The van der Waals surface area contributed by atoms with Gasteiger partial charge in [-0.1, -0.05) is 11.6 Å². The molecule has 8 nitrogen and oxygen atoms in total. The molecule has 0 aliphatic rings. The largest absolute Gasteiger partial charge is 0.482 e. The number of esters is 1. The summed E-state index contributed by atoms with van der Waals surface area (Å²) in [6.07, 6.45) is 0. The van der Waals surface area contributed by atoms with Crippen LogP contribution in [0.1, 0.15) is 15.9 Å². The van der Waals surface area contributed by atoms with Crippen LogP contribution in [0.4, 0.5) is 0 Å². The first-order valence-corrected chi connectivity index (χ1v) is 9.70. The second-order valence-corrected chi connectivity index (χ2v) is 6.98. The van der Waals surface area contributed by atoms with E-state index in [0.29, 0.717) is 22.8 Å². The average molecular weight is 446 g/mol. The molecular formula is C22H20ClNO7. The number of ether oxygens (including phenoxy) is 3. The number of halogens is 1. The Morgan fingerprint density at radius 1 is 1.10 bits per heavy atom. The highest BCUT2D eigenvalue weighted by molar-refractivity contribution is 6.31. The van der Waals surface area contributed by atoms with Crippen molar-refractivity contribution in [3.63, 3.8) is 0 Å². The lowest BCUT2D eigenvalue weighted by Gasteiger charge is -2.09. The van der Waals surface area contributed by atoms with Gasteiger partial charge in [0.25, 0.3) is 5.91 Å². The number of methoxy groups -OCH3 is 1. The normalized spacial score (nSPS) is 10.7. The lowest BCUT2D eigenvalue weighted by atomic mass is 10.1. The molecule has 0 fully saturated rings. The van der Waals surface area contributed by atoms with Crippen molar-refractivity contribution in [3.8, 4) is 11.5 Å². The molecule has 31 heavy (non-hydrogen) atoms. The zero-order chi connectivity index (χ0) is 22.4. The van der Waals surface area contributed by atoms with Crippen LogP contribution in [0, 0.1) is 6.92 Å². The van der Waals surface area contributed by atoms with E-state index in [1.54, 1.807) is 24.3 Å². The number of rotatable bonds is 8. The Hall–Kier alpha value is -3.36. The van der Waals surface area contributed by atoms with Crippen LogP contribution in [0.5, 0.6) is 11.5 Å². The van der Waals surface area contributed by atoms with E-state index in [1.165, 1.54) is 25.3 Å². The Morgan fingerprint density at radius 2 is 1.87 bits per heavy atom. The molecule has 0 spiro atoms. The molecule has 1 amide bonds. The van der Waals surface area contributed by atoms with E-state index in [9.17, 15) is 14.4 Å². The highest BCUT2D eigenvalue weighted by Crippen LogP contribution is 2.22. The zero-order valence-electron chi connectivity index (χ0n) is 16.9. The van der Waals surface area contributed by atoms with Crippen molar-refractivity contribution in [1.82, 2.24) is 5.32 Å². The summed E-state index contributed by atoms with van der Waals surface area (Å²) in [7, 11) is 1.51. The van der Waals surface area contributed by atoms with Gasteiger partial charge < -0.3 is 23.9 Å². The minimum absolute atomic E-state index is 0.125. The van der Waals surface area contributed by atoms with Gasteiger partial charge in [-0.05, 0) is 48.9 Å². The molecule has 1 N–H and O–H groups in total. The molecule has 1 heterocycles. The number of fused-ring (bicyclic) bond motifs is 1. The Labute approximate surface area is 182 Å². The van der Waals surface area contributed by atoms with Crippen LogP contribution < -0.4 is 20.4 Å². The third-order valence-corrected chi connectivity index (χ3v) is 4.69. The third kappa shape index (κ3) is 5.84. The summed E-state index contributed by atoms with van der Waals surface area (Å²) in [5.74, 6) is -0.533. The molecule has 9 heteroatoms. The fourth-order valence-electron chi connectivity index (χ4n) is 2.69. The predicted octanol–water partition coefficient (Wildman–Crippen LogP) is 3.12. The van der Waals surface area contributed by atoms with Crippen LogP contribution in [-0.2, 0) is 9.53 Å². The van der Waals surface area contributed by atoms with Gasteiger partial charge in [0.2, 0.25) is 0 Å². The van der Waals surface area contributed by atoms with E-state index in [1.807, 2.05) is 6.92 Å². The van der Waals surface area contributed by atoms with Crippen molar-refractivity contribution in [2.24, 2.45) is 0 Å². The first-order valence-electron chi connectivity index (χ1n) is 9.32. The van der Waals surface area contributed by atoms with Gasteiger partial charge in [0.05, 0.1) is 6.61 Å². The molecule has 0 saturated carbocycles. The maximum Gasteiger partial charge on any atom is 0.349 e. The summed E-state index contributed by atoms with van der Waals surface area (Å²) in [5.41, 5.74) is 0.0779. The molecule has 0 atom stereocenters. The minimum atomic E-state index is -0.799. The first kappa shape index (κ1) is 22.3. The van der Waals surface area contributed by atoms with Crippen LogP contribution in [0.2, 0.25) is 5.02 Å². The van der Waals surface area contributed by atoms with Gasteiger partial charge >= 0.3 is 11.6 Å². The van der Waals surface area contributed by atoms with Crippen LogP contribution in [0.15, 0.2) is 51.7 Å². The summed E-state index contributed by atoms with van der Waals surface area (Å²) >= 11 is 5.96. The van der Waals surface area contributed by atoms with E-state index >= 15 is 0 Å². The Balaban J connectivity index is 1.67. The second-order valence-electron chi connectivity index (χ2n) is 6.57. The lowest BCUT2D eigenvalue weighted by Crippen LogP contribution is -2.30. The number of hydrogen-bond acceptors (Lipinski definition) is 7. The first-order chi connectivity index (χ1) is 14.9. The Kier molecular flexibility index (Phi) is 7.28. The topological polar surface area (TPSA) is 104 Å². The van der Waals surface area contributed by atoms with E-state index in [2.05, 4.69) is 5.32 Å². The van der Waals surface area contributed by atoms with Crippen molar-refractivity contribution < 1.29 is 28.2 Å². The maximum absolute atomic E-state index is 12.2. The van der Waals surface area contributed by atoms with E-state index in [0.717, 1.165) is 5.56 Å². The van der Waals surface area contributed by atoms with Gasteiger partial charge in [0.1, 0.15) is 22.6 Å². The van der Waals surface area contributed by atoms with Gasteiger partial charge in [0.15, 0.2) is 6.61 Å². The average Bonchev–Trinajstić information content (AvgIpc) is 2.74. The highest BCUT2D eigenvalue weighted by atomic mass is 35.5. The fourth-order valence-corrected chi connectivity index (χ4v) is 2.80. The molecule has 1 aromatic heterocycles. The fraction of sp³-hybridized carbons (Fsp3) is 0.227. The van der Waals surface area contributed by atoms with Gasteiger partial charge in [-0.15, -0.1) is 0 Å². The second kappa shape index (κ2) is 10.1. The monoisotopic (exact) mass is 445 g/mol. The minimum Gasteiger partial charge on any atom is -0.482 e. The molecule has 0 aliphatic heterocycles. The molecular weight excluding hydrogens is 426 g/mol. The van der Waals surface area contributed by atoms with Gasteiger partial charge in [-0.2, -0.15) is 0 Å². The van der Waals surface area contributed by atoms with Crippen molar-refractivity contribution in [3.05, 3.63) is 69.0 Å². The van der Waals surface area contributed by atoms with Gasteiger partial charge in [0, 0.05) is 30.1 Å². The van der Waals surface area contributed by atoms with Crippen molar-refractivity contribution in [2.75, 3.05) is 26.9 Å². The summed E-state index contributed by atoms with van der Waals surface area (Å²) in [5, 5.41) is 3.67. The number of nitrogens with one attached hydrogen (secondary N) is 1. The molecule has 3 rings (SSSR count). The molecule has 0 bridgehead atoms. The number of benzene rings is 2. The smallest absolute Gasteiger partial charge is 0.349 e. The molecule has 0 aliphatic carbocycles. The third-order valence-electron chi connectivity index (χ3n) is 4.26. The summed E-state index contributed by atoms with van der Waals surface area (Å²) in [4.78, 5) is 36.3. The number of amides is 1. The summed E-state index contributed by atoms with van der Waals surface area (Å²) in [6, 6.07) is 11.0. The number of aryl methyl sites for hydroxylation is 1. The molecule has 0 radical (unpaired) electrons. The van der Waals surface area contributed by atoms with Crippen molar-refractivity contribution >= 4 is 34.4 Å². The van der Waals surface area contributed by atoms with Crippen LogP contribution in [0.25, 0.3) is 11.0 Å². The van der Waals surface area contributed by atoms with Gasteiger partial charge in [-0.25, -0.2) is 9.59 Å². The van der Waals surface area contributed by atoms with Crippen LogP contribution >= 0.6 is 11.6 Å². The molecule has 2 aromatic carbocycles. The Morgan fingerprint density at radius 3 is 2.61 bits per heavy atom. The summed E-state index contributed by atoms with van der Waals surface area (Å²) < 4.78 is 20.7. The predicted molar refractivity (Wildman–Crippen MR) is 114 cm³/mol. The van der Waals surface area contributed by atoms with Crippen molar-refractivity contribution in [1.29, 1.82) is 0 Å². The van der Waals surface area contributed by atoms with Crippen molar-refractivity contribution in [2.45, 2.75) is 6.92 Å². The zero-order valence-corrected chi connectivity index (χ0v) is 17.7. The van der Waals surface area contributed by atoms with Crippen LogP contribution in [-0.4, -0.2) is 38.7 Å². The van der Waals surface area contributed by atoms with E-state index in [-0.39, 0.29) is 30.0 Å². The lowest BCUT2D eigenvalue weighted by molar-refractivity contribution is -0.136. The number of carbonyl (C=O) groups is 2. The number of hydrogen-bond donors (Lipinski definition) is 1. The molecule has 3 aromatic rings. The highest BCUT2D eigenvalue weighted by Gasteiger charge is 2.14. The maximum atomic E-state index is 12.2. The quantitative estimate of drug-likeness (QED) is 0.246. The Bertz CT molecular complexity index is 1170. The SMILES string of the molecule is COCCNC(=O)c1cc2ccc(OC(=O)COc3ccc(Cl)c(C)c3)cc2oc1=O. The molecule has 0 unspecified atom stereocenters. The van der Waals surface area contributed by atoms with E-state index in [4.69, 9.17) is 30.2 Å². The molecule has 0 saturated heterocycles. The van der Waals surface area contributed by atoms with E-state index < -0.39 is 17.5 Å².